The molecule has 0 aliphatic carbocycles. The minimum Gasteiger partial charge on any atom is -0.508 e. The zero-order valence-corrected chi connectivity index (χ0v) is 15.0. The molecule has 3 aromatic rings. The number of aliphatic hydroxyl groups excluding tert-OH is 4. The summed E-state index contributed by atoms with van der Waals surface area (Å²) in [7, 11) is 0. The molecule has 0 aromatic heterocycles. The average Bonchev–Trinajstić information content (AvgIpc) is 2.72. The smallest absolute Gasteiger partial charge is 0.116 e. The van der Waals surface area contributed by atoms with Crippen LogP contribution in [-0.2, 0) is 4.74 Å². The van der Waals surface area contributed by atoms with Gasteiger partial charge in [0.25, 0.3) is 0 Å². The topological polar surface area (TPSA) is 110 Å². The first kappa shape index (κ1) is 18.9. The molecule has 28 heavy (non-hydrogen) atoms. The zero-order chi connectivity index (χ0) is 19.8. The van der Waals surface area contributed by atoms with Crippen molar-refractivity contribution in [2.24, 2.45) is 0 Å². The number of hydrogen-bond acceptors (Lipinski definition) is 6. The van der Waals surface area contributed by atoms with Gasteiger partial charge in [-0.05, 0) is 51.7 Å². The van der Waals surface area contributed by atoms with E-state index in [0.717, 1.165) is 21.9 Å². The zero-order valence-electron chi connectivity index (χ0n) is 15.0. The first-order chi connectivity index (χ1) is 13.5. The van der Waals surface area contributed by atoms with Gasteiger partial charge in [0, 0.05) is 0 Å². The van der Waals surface area contributed by atoms with Crippen LogP contribution in [-0.4, -0.2) is 56.6 Å². The lowest BCUT2D eigenvalue weighted by atomic mass is 9.90. The van der Waals surface area contributed by atoms with Crippen molar-refractivity contribution in [1.82, 2.24) is 0 Å². The van der Waals surface area contributed by atoms with Gasteiger partial charge in [0.2, 0.25) is 0 Å². The van der Waals surface area contributed by atoms with E-state index < -0.39 is 37.1 Å². The number of ether oxygens (including phenoxy) is 1. The van der Waals surface area contributed by atoms with E-state index in [1.54, 1.807) is 18.2 Å². The molecule has 0 spiro atoms. The monoisotopic (exact) mass is 382 g/mol. The number of hydrogen-bond donors (Lipinski definition) is 5. The Bertz CT molecular complexity index is 986. The number of fused-ring (bicyclic) bond motifs is 1. The van der Waals surface area contributed by atoms with Gasteiger partial charge in [0.15, 0.2) is 0 Å². The Hall–Kier alpha value is -2.48. The number of aliphatic hydroxyl groups is 4. The number of benzene rings is 3. The van der Waals surface area contributed by atoms with E-state index in [1.807, 2.05) is 42.5 Å². The van der Waals surface area contributed by atoms with Gasteiger partial charge >= 0.3 is 0 Å². The van der Waals surface area contributed by atoms with Crippen molar-refractivity contribution < 1.29 is 30.3 Å². The van der Waals surface area contributed by atoms with Crippen LogP contribution in [0.25, 0.3) is 21.9 Å². The molecule has 5 atom stereocenters. The molecule has 1 heterocycles. The van der Waals surface area contributed by atoms with E-state index in [9.17, 15) is 25.5 Å². The highest BCUT2D eigenvalue weighted by Gasteiger charge is 2.43. The van der Waals surface area contributed by atoms with E-state index in [2.05, 4.69) is 0 Å². The Balaban J connectivity index is 1.69. The van der Waals surface area contributed by atoms with E-state index in [0.29, 0.717) is 5.56 Å². The van der Waals surface area contributed by atoms with Gasteiger partial charge in [-0.1, -0.05) is 36.4 Å². The second-order valence-electron chi connectivity index (χ2n) is 7.12. The first-order valence-electron chi connectivity index (χ1n) is 9.11. The predicted octanol–water partition coefficient (Wildman–Crippen LogP) is 1.73. The molecule has 0 radical (unpaired) electrons. The highest BCUT2D eigenvalue weighted by atomic mass is 16.5. The molecule has 3 aromatic carbocycles. The molecular weight excluding hydrogens is 360 g/mol. The SMILES string of the molecule is OCC1OC(c2cccc(-c3ccc4cc(O)ccc4c3)c2)C(O)C(O)C1O. The quantitative estimate of drug-likeness (QED) is 0.472. The normalized spacial score (nSPS) is 27.8. The van der Waals surface area contributed by atoms with Crippen LogP contribution in [0.15, 0.2) is 60.7 Å². The molecule has 0 bridgehead atoms. The Morgan fingerprint density at radius 3 is 2.25 bits per heavy atom. The number of phenolic OH excluding ortho intramolecular Hbond substituents is 1. The van der Waals surface area contributed by atoms with E-state index >= 15 is 0 Å². The number of rotatable bonds is 3. The lowest BCUT2D eigenvalue weighted by Crippen LogP contribution is -2.55. The minimum absolute atomic E-state index is 0.213. The van der Waals surface area contributed by atoms with Crippen LogP contribution in [0, 0.1) is 0 Å². The molecule has 1 saturated heterocycles. The molecular formula is C22H22O6. The Kier molecular flexibility index (Phi) is 5.05. The second-order valence-corrected chi connectivity index (χ2v) is 7.12. The molecule has 1 fully saturated rings. The van der Waals surface area contributed by atoms with Crippen molar-refractivity contribution in [3.8, 4) is 16.9 Å². The Morgan fingerprint density at radius 1 is 0.750 bits per heavy atom. The Labute approximate surface area is 161 Å². The van der Waals surface area contributed by atoms with Crippen LogP contribution < -0.4 is 0 Å². The summed E-state index contributed by atoms with van der Waals surface area (Å²) in [6.07, 6.45) is -5.91. The highest BCUT2D eigenvalue weighted by Crippen LogP contribution is 2.34. The molecule has 6 nitrogen and oxygen atoms in total. The van der Waals surface area contributed by atoms with Crippen LogP contribution >= 0.6 is 0 Å². The van der Waals surface area contributed by atoms with Crippen molar-refractivity contribution in [1.29, 1.82) is 0 Å². The summed E-state index contributed by atoms with van der Waals surface area (Å²) in [5.41, 5.74) is 2.48. The number of aromatic hydroxyl groups is 1. The van der Waals surface area contributed by atoms with Crippen molar-refractivity contribution in [3.05, 3.63) is 66.2 Å². The van der Waals surface area contributed by atoms with Gasteiger partial charge in [-0.2, -0.15) is 0 Å². The van der Waals surface area contributed by atoms with Crippen molar-refractivity contribution >= 4 is 10.8 Å². The minimum atomic E-state index is -1.41. The first-order valence-corrected chi connectivity index (χ1v) is 9.11. The molecule has 5 N–H and O–H groups in total. The van der Waals surface area contributed by atoms with Crippen molar-refractivity contribution in [2.75, 3.05) is 6.61 Å². The van der Waals surface area contributed by atoms with Gasteiger partial charge in [-0.3, -0.25) is 0 Å². The maximum atomic E-state index is 10.4. The van der Waals surface area contributed by atoms with Crippen LogP contribution in [0.4, 0.5) is 0 Å². The lowest BCUT2D eigenvalue weighted by molar-refractivity contribution is -0.231. The maximum absolute atomic E-state index is 10.4. The number of phenols is 1. The van der Waals surface area contributed by atoms with Crippen molar-refractivity contribution in [2.45, 2.75) is 30.5 Å². The van der Waals surface area contributed by atoms with Crippen LogP contribution in [0.3, 0.4) is 0 Å². The summed E-state index contributed by atoms with van der Waals surface area (Å²) in [4.78, 5) is 0. The Morgan fingerprint density at radius 2 is 1.46 bits per heavy atom. The lowest BCUT2D eigenvalue weighted by Gasteiger charge is -2.40. The summed E-state index contributed by atoms with van der Waals surface area (Å²) in [5, 5.41) is 51.3. The molecule has 1 aliphatic rings. The van der Waals surface area contributed by atoms with Gasteiger partial charge in [-0.25, -0.2) is 0 Å². The average molecular weight is 382 g/mol. The van der Waals surface area contributed by atoms with E-state index in [-0.39, 0.29) is 5.75 Å². The van der Waals surface area contributed by atoms with Crippen molar-refractivity contribution in [3.63, 3.8) is 0 Å². The van der Waals surface area contributed by atoms with Gasteiger partial charge in [0.1, 0.15) is 36.3 Å². The maximum Gasteiger partial charge on any atom is 0.116 e. The molecule has 1 aliphatic heterocycles. The summed E-state index contributed by atoms with van der Waals surface area (Å²) >= 11 is 0. The molecule has 0 saturated carbocycles. The van der Waals surface area contributed by atoms with Gasteiger partial charge in [0.05, 0.1) is 6.61 Å². The fourth-order valence-electron chi connectivity index (χ4n) is 3.69. The summed E-state index contributed by atoms with van der Waals surface area (Å²) in [5.74, 6) is 0.213. The van der Waals surface area contributed by atoms with Gasteiger partial charge < -0.3 is 30.3 Å². The fourth-order valence-corrected chi connectivity index (χ4v) is 3.69. The third-order valence-electron chi connectivity index (χ3n) is 5.26. The third kappa shape index (κ3) is 3.37. The molecule has 6 heteroatoms. The molecule has 0 amide bonds. The van der Waals surface area contributed by atoms with Crippen LogP contribution in [0.1, 0.15) is 11.7 Å². The standard InChI is InChI=1S/C22H22O6/c23-11-18-19(25)20(26)21(27)22(28-18)16-3-1-2-12(9-16)13-4-5-15-10-17(24)7-6-14(15)8-13/h1-10,18-27H,11H2. The van der Waals surface area contributed by atoms with Crippen LogP contribution in [0.5, 0.6) is 5.75 Å². The highest BCUT2D eigenvalue weighted by molar-refractivity contribution is 5.88. The molecule has 146 valence electrons. The largest absolute Gasteiger partial charge is 0.508 e. The molecule has 4 rings (SSSR count). The summed E-state index contributed by atoms with van der Waals surface area (Å²) in [6, 6.07) is 18.4. The second kappa shape index (κ2) is 7.50. The third-order valence-corrected chi connectivity index (χ3v) is 5.26. The summed E-state index contributed by atoms with van der Waals surface area (Å²) in [6.45, 7) is -0.460. The van der Waals surface area contributed by atoms with E-state index in [4.69, 9.17) is 4.74 Å². The summed E-state index contributed by atoms with van der Waals surface area (Å²) < 4.78 is 5.65. The van der Waals surface area contributed by atoms with Crippen LogP contribution in [0.2, 0.25) is 0 Å². The fraction of sp³-hybridized carbons (Fsp3) is 0.273. The molecule has 5 unspecified atom stereocenters. The predicted molar refractivity (Wildman–Crippen MR) is 104 cm³/mol. The van der Waals surface area contributed by atoms with E-state index in [1.165, 1.54) is 0 Å². The van der Waals surface area contributed by atoms with Gasteiger partial charge in [-0.15, -0.1) is 0 Å².